The van der Waals surface area contributed by atoms with Gasteiger partial charge in [-0.2, -0.15) is 0 Å². The first-order chi connectivity index (χ1) is 6.56. The third kappa shape index (κ3) is 1.33. The number of hydrogen-bond acceptors (Lipinski definition) is 1. The average Bonchev–Trinajstić information content (AvgIpc) is 2.44. The van der Waals surface area contributed by atoms with Crippen LogP contribution in [0.5, 0.6) is 0 Å². The minimum absolute atomic E-state index is 0.847. The molecule has 2 heteroatoms. The van der Waals surface area contributed by atoms with Crippen LogP contribution in [0.15, 0.2) is 12.1 Å². The van der Waals surface area contributed by atoms with Crippen molar-refractivity contribution in [2.75, 3.05) is 0 Å². The van der Waals surface area contributed by atoms with Crippen LogP contribution in [0.3, 0.4) is 0 Å². The van der Waals surface area contributed by atoms with E-state index in [9.17, 15) is 0 Å². The number of hydrogen-bond donors (Lipinski definition) is 0. The molecule has 1 aromatic carbocycles. The van der Waals surface area contributed by atoms with Crippen LogP contribution in [0.2, 0.25) is 13.1 Å². The van der Waals surface area contributed by atoms with Gasteiger partial charge < -0.3 is 4.43 Å². The van der Waals surface area contributed by atoms with Crippen molar-refractivity contribution in [3.05, 3.63) is 28.8 Å². The molecular weight excluding hydrogens is 188 g/mol. The highest BCUT2D eigenvalue weighted by molar-refractivity contribution is 6.85. The van der Waals surface area contributed by atoms with Crippen LogP contribution >= 0.6 is 0 Å². The van der Waals surface area contributed by atoms with Crippen molar-refractivity contribution in [3.8, 4) is 0 Å². The Morgan fingerprint density at radius 3 is 2.71 bits per heavy atom. The first-order valence-corrected chi connectivity index (χ1v) is 8.23. The Kier molecular flexibility index (Phi) is 2.28. The molecule has 0 N–H and O–H groups in total. The van der Waals surface area contributed by atoms with Crippen molar-refractivity contribution in [2.24, 2.45) is 0 Å². The Morgan fingerprint density at radius 2 is 2.07 bits per heavy atom. The minimum Gasteiger partial charge on any atom is -0.409 e. The van der Waals surface area contributed by atoms with E-state index in [4.69, 9.17) is 4.43 Å². The summed E-state index contributed by atoms with van der Waals surface area (Å²) in [7, 11) is -1.55. The molecule has 0 fully saturated rings. The van der Waals surface area contributed by atoms with E-state index in [0.717, 1.165) is 13.0 Å². The molecule has 1 heterocycles. The van der Waals surface area contributed by atoms with Crippen molar-refractivity contribution >= 4 is 13.5 Å². The molecule has 76 valence electrons. The van der Waals surface area contributed by atoms with Crippen LogP contribution < -0.4 is 5.19 Å². The lowest BCUT2D eigenvalue weighted by Gasteiger charge is -2.17. The van der Waals surface area contributed by atoms with E-state index in [1.807, 2.05) is 0 Å². The molecule has 0 amide bonds. The molecule has 0 saturated carbocycles. The normalized spacial score (nSPS) is 18.3. The van der Waals surface area contributed by atoms with Gasteiger partial charge in [0, 0.05) is 0 Å². The van der Waals surface area contributed by atoms with E-state index in [1.165, 1.54) is 16.7 Å². The Morgan fingerprint density at radius 1 is 1.36 bits per heavy atom. The highest BCUT2D eigenvalue weighted by Crippen LogP contribution is 2.24. The average molecular weight is 206 g/mol. The second-order valence-corrected chi connectivity index (χ2v) is 8.36. The molecule has 2 rings (SSSR count). The molecule has 1 aromatic rings. The van der Waals surface area contributed by atoms with Gasteiger partial charge >= 0.3 is 0 Å². The molecule has 0 spiro atoms. The highest BCUT2D eigenvalue weighted by Gasteiger charge is 2.36. The maximum Gasteiger partial charge on any atom is 0.219 e. The Balaban J connectivity index is 2.65. The predicted octanol–water partition coefficient (Wildman–Crippen LogP) is 2.50. The summed E-state index contributed by atoms with van der Waals surface area (Å²) in [6, 6.07) is 4.51. The van der Waals surface area contributed by atoms with Gasteiger partial charge in [-0.05, 0) is 48.3 Å². The van der Waals surface area contributed by atoms with Gasteiger partial charge in [0.05, 0.1) is 6.61 Å². The molecule has 1 nitrogen and oxygen atoms in total. The highest BCUT2D eigenvalue weighted by atomic mass is 28.4. The van der Waals surface area contributed by atoms with Gasteiger partial charge in [-0.1, -0.05) is 19.1 Å². The number of rotatable bonds is 1. The summed E-state index contributed by atoms with van der Waals surface area (Å²) in [5.41, 5.74) is 4.39. The summed E-state index contributed by atoms with van der Waals surface area (Å²) in [6.07, 6.45) is 1.12. The monoisotopic (exact) mass is 206 g/mol. The summed E-state index contributed by atoms with van der Waals surface area (Å²) in [6.45, 7) is 9.87. The molecule has 1 aliphatic rings. The van der Waals surface area contributed by atoms with E-state index in [1.54, 1.807) is 5.19 Å². The van der Waals surface area contributed by atoms with E-state index in [-0.39, 0.29) is 0 Å². The zero-order valence-electron chi connectivity index (χ0n) is 9.48. The number of fused-ring (bicyclic) bond motifs is 1. The SMILES string of the molecule is CCc1ccc(C)c2c1CO[Si]2(C)C. The van der Waals surface area contributed by atoms with E-state index in [0.29, 0.717) is 0 Å². The Hall–Kier alpha value is -0.603. The Bertz CT molecular complexity index is 369. The van der Waals surface area contributed by atoms with Crippen LogP contribution in [-0.4, -0.2) is 8.32 Å². The molecule has 1 aliphatic heterocycles. The van der Waals surface area contributed by atoms with Gasteiger partial charge in [-0.3, -0.25) is 0 Å². The van der Waals surface area contributed by atoms with Gasteiger partial charge in [0.2, 0.25) is 8.32 Å². The third-order valence-corrected chi connectivity index (χ3v) is 5.94. The van der Waals surface area contributed by atoms with Gasteiger partial charge in [-0.25, -0.2) is 0 Å². The van der Waals surface area contributed by atoms with Crippen LogP contribution in [0.4, 0.5) is 0 Å². The predicted molar refractivity (Wildman–Crippen MR) is 62.5 cm³/mol. The fourth-order valence-electron chi connectivity index (χ4n) is 2.47. The maximum atomic E-state index is 5.97. The van der Waals surface area contributed by atoms with Gasteiger partial charge in [0.15, 0.2) is 0 Å². The van der Waals surface area contributed by atoms with Crippen molar-refractivity contribution in [3.63, 3.8) is 0 Å². The van der Waals surface area contributed by atoms with Crippen molar-refractivity contribution in [2.45, 2.75) is 40.0 Å². The van der Waals surface area contributed by atoms with Gasteiger partial charge in [0.1, 0.15) is 0 Å². The fourth-order valence-corrected chi connectivity index (χ4v) is 5.11. The lowest BCUT2D eigenvalue weighted by atomic mass is 10.0. The van der Waals surface area contributed by atoms with Crippen molar-refractivity contribution in [1.82, 2.24) is 0 Å². The quantitative estimate of drug-likeness (QED) is 0.642. The summed E-state index contributed by atoms with van der Waals surface area (Å²) >= 11 is 0. The van der Waals surface area contributed by atoms with E-state index in [2.05, 4.69) is 39.1 Å². The first-order valence-electron chi connectivity index (χ1n) is 5.32. The van der Waals surface area contributed by atoms with Crippen LogP contribution in [0, 0.1) is 6.92 Å². The molecule has 14 heavy (non-hydrogen) atoms. The maximum absolute atomic E-state index is 5.97. The summed E-state index contributed by atoms with van der Waals surface area (Å²) in [5, 5.41) is 1.55. The van der Waals surface area contributed by atoms with Crippen LogP contribution in [-0.2, 0) is 17.5 Å². The minimum atomic E-state index is -1.55. The Labute approximate surface area is 87.2 Å². The smallest absolute Gasteiger partial charge is 0.219 e. The van der Waals surface area contributed by atoms with Crippen molar-refractivity contribution in [1.29, 1.82) is 0 Å². The summed E-state index contributed by atoms with van der Waals surface area (Å²) in [4.78, 5) is 0. The number of benzene rings is 1. The van der Waals surface area contributed by atoms with Crippen molar-refractivity contribution < 1.29 is 4.43 Å². The first kappa shape index (κ1) is 9.93. The molecule has 0 radical (unpaired) electrons. The third-order valence-electron chi connectivity index (χ3n) is 3.18. The van der Waals surface area contributed by atoms with E-state index >= 15 is 0 Å². The molecule has 0 bridgehead atoms. The number of aryl methyl sites for hydroxylation is 2. The van der Waals surface area contributed by atoms with Gasteiger partial charge in [-0.15, -0.1) is 0 Å². The second-order valence-electron chi connectivity index (χ2n) is 4.55. The largest absolute Gasteiger partial charge is 0.409 e. The van der Waals surface area contributed by atoms with E-state index < -0.39 is 8.32 Å². The summed E-state index contributed by atoms with van der Waals surface area (Å²) in [5.74, 6) is 0. The zero-order valence-corrected chi connectivity index (χ0v) is 10.5. The van der Waals surface area contributed by atoms with Crippen LogP contribution in [0.25, 0.3) is 0 Å². The fraction of sp³-hybridized carbons (Fsp3) is 0.500. The topological polar surface area (TPSA) is 9.23 Å². The van der Waals surface area contributed by atoms with Crippen LogP contribution in [0.1, 0.15) is 23.6 Å². The standard InChI is InChI=1S/C12H18OSi/c1-5-10-7-6-9(2)12-11(10)8-13-14(12,3)4/h6-7H,5,8H2,1-4H3. The molecule has 0 saturated heterocycles. The molecule has 0 atom stereocenters. The molecular formula is C12H18OSi. The second kappa shape index (κ2) is 3.21. The lowest BCUT2D eigenvalue weighted by Crippen LogP contribution is -2.41. The zero-order chi connectivity index (χ0) is 10.3. The lowest BCUT2D eigenvalue weighted by molar-refractivity contribution is 0.319. The van der Waals surface area contributed by atoms with Gasteiger partial charge in [0.25, 0.3) is 0 Å². The molecule has 0 aliphatic carbocycles. The summed E-state index contributed by atoms with van der Waals surface area (Å²) < 4.78 is 5.97. The molecule has 0 unspecified atom stereocenters. The molecule has 0 aromatic heterocycles.